The van der Waals surface area contributed by atoms with Gasteiger partial charge < -0.3 is 5.32 Å². The minimum atomic E-state index is 0.630. The van der Waals surface area contributed by atoms with E-state index in [0.717, 1.165) is 6.54 Å². The monoisotopic (exact) mass is 189 g/mol. The van der Waals surface area contributed by atoms with Gasteiger partial charge in [0.05, 0.1) is 0 Å². The van der Waals surface area contributed by atoms with Gasteiger partial charge in [0.25, 0.3) is 0 Å². The molecule has 2 rings (SSSR count). The predicted octanol–water partition coefficient (Wildman–Crippen LogP) is 2.84. The van der Waals surface area contributed by atoms with E-state index in [1.165, 1.54) is 12.0 Å². The Balaban J connectivity index is 2.41. The van der Waals surface area contributed by atoms with E-state index in [1.54, 1.807) is 11.1 Å². The second kappa shape index (κ2) is 3.74. The van der Waals surface area contributed by atoms with Crippen LogP contribution < -0.4 is 5.32 Å². The topological polar surface area (TPSA) is 12.0 Å². The van der Waals surface area contributed by atoms with Crippen molar-refractivity contribution in [1.29, 1.82) is 0 Å². The van der Waals surface area contributed by atoms with Crippen LogP contribution in [0.2, 0.25) is 0 Å². The number of rotatable bonds is 1. The van der Waals surface area contributed by atoms with Gasteiger partial charge in [-0.3, -0.25) is 0 Å². The molecule has 1 aromatic rings. The summed E-state index contributed by atoms with van der Waals surface area (Å²) in [5.41, 5.74) is 4.60. The fourth-order valence-electron chi connectivity index (χ4n) is 2.28. The molecule has 0 amide bonds. The summed E-state index contributed by atoms with van der Waals surface area (Å²) >= 11 is 0. The molecule has 1 atom stereocenters. The van der Waals surface area contributed by atoms with E-state index in [2.05, 4.69) is 44.3 Å². The highest BCUT2D eigenvalue weighted by atomic mass is 14.9. The van der Waals surface area contributed by atoms with Crippen LogP contribution in [0.1, 0.15) is 43.4 Å². The average Bonchev–Trinajstić information content (AvgIpc) is 2.16. The minimum Gasteiger partial charge on any atom is -0.310 e. The van der Waals surface area contributed by atoms with Crippen LogP contribution in [-0.2, 0) is 13.0 Å². The normalized spacial score (nSPS) is 21.0. The molecule has 14 heavy (non-hydrogen) atoms. The molecule has 0 saturated carbocycles. The van der Waals surface area contributed by atoms with Gasteiger partial charge in [0.2, 0.25) is 0 Å². The van der Waals surface area contributed by atoms with Crippen LogP contribution in [0.3, 0.4) is 0 Å². The zero-order valence-corrected chi connectivity index (χ0v) is 9.30. The fraction of sp³-hybridized carbons (Fsp3) is 0.538. The molecular weight excluding hydrogens is 170 g/mol. The third kappa shape index (κ3) is 1.69. The molecule has 0 saturated heterocycles. The number of nitrogens with one attached hydrogen (secondary N) is 1. The van der Waals surface area contributed by atoms with Crippen LogP contribution in [0.5, 0.6) is 0 Å². The second-order valence-electron chi connectivity index (χ2n) is 4.63. The highest BCUT2D eigenvalue weighted by Gasteiger charge is 2.17. The van der Waals surface area contributed by atoms with Crippen molar-refractivity contribution >= 4 is 0 Å². The zero-order valence-electron chi connectivity index (χ0n) is 9.30. The maximum absolute atomic E-state index is 3.53. The first-order chi connectivity index (χ1) is 6.68. The van der Waals surface area contributed by atoms with E-state index in [4.69, 9.17) is 0 Å². The van der Waals surface area contributed by atoms with Crippen molar-refractivity contribution in [2.45, 2.75) is 45.7 Å². The zero-order chi connectivity index (χ0) is 10.1. The maximum atomic E-state index is 3.53. The van der Waals surface area contributed by atoms with Crippen molar-refractivity contribution in [2.24, 2.45) is 0 Å². The Morgan fingerprint density at radius 2 is 2.14 bits per heavy atom. The molecule has 1 aliphatic rings. The van der Waals surface area contributed by atoms with Gasteiger partial charge in [0.15, 0.2) is 0 Å². The van der Waals surface area contributed by atoms with Crippen molar-refractivity contribution in [3.05, 3.63) is 34.9 Å². The summed E-state index contributed by atoms with van der Waals surface area (Å²) in [7, 11) is 0. The van der Waals surface area contributed by atoms with Crippen LogP contribution >= 0.6 is 0 Å². The quantitative estimate of drug-likeness (QED) is 0.716. The van der Waals surface area contributed by atoms with E-state index in [-0.39, 0.29) is 0 Å². The SMILES string of the molecule is CC(C)c1cccc2c1CN[C@@H](C)C2. The summed E-state index contributed by atoms with van der Waals surface area (Å²) in [6, 6.07) is 7.37. The van der Waals surface area contributed by atoms with Crippen LogP contribution in [-0.4, -0.2) is 6.04 Å². The molecule has 0 fully saturated rings. The third-order valence-corrected chi connectivity index (χ3v) is 3.08. The van der Waals surface area contributed by atoms with E-state index in [1.807, 2.05) is 0 Å². The molecule has 1 nitrogen and oxygen atoms in total. The van der Waals surface area contributed by atoms with Crippen molar-refractivity contribution < 1.29 is 0 Å². The average molecular weight is 189 g/mol. The Morgan fingerprint density at radius 3 is 2.86 bits per heavy atom. The smallest absolute Gasteiger partial charge is 0.0213 e. The Kier molecular flexibility index (Phi) is 2.60. The lowest BCUT2D eigenvalue weighted by atomic mass is 9.88. The summed E-state index contributed by atoms with van der Waals surface area (Å²) in [5.74, 6) is 0.639. The maximum Gasteiger partial charge on any atom is 0.0213 e. The van der Waals surface area contributed by atoms with Gasteiger partial charge in [-0.1, -0.05) is 32.0 Å². The molecule has 1 heterocycles. The lowest BCUT2D eigenvalue weighted by Crippen LogP contribution is -2.33. The molecule has 0 aromatic heterocycles. The van der Waals surface area contributed by atoms with Crippen molar-refractivity contribution in [2.75, 3.05) is 0 Å². The first-order valence-electron chi connectivity index (χ1n) is 5.52. The van der Waals surface area contributed by atoms with Gasteiger partial charge in [0.1, 0.15) is 0 Å². The van der Waals surface area contributed by atoms with Crippen molar-refractivity contribution in [3.8, 4) is 0 Å². The number of hydrogen-bond acceptors (Lipinski definition) is 1. The summed E-state index contributed by atoms with van der Waals surface area (Å²) in [5, 5.41) is 3.53. The van der Waals surface area contributed by atoms with Gasteiger partial charge >= 0.3 is 0 Å². The molecule has 1 aromatic carbocycles. The van der Waals surface area contributed by atoms with E-state index >= 15 is 0 Å². The van der Waals surface area contributed by atoms with Crippen LogP contribution in [0.25, 0.3) is 0 Å². The standard InChI is InChI=1S/C13H19N/c1-9(2)12-6-4-5-11-7-10(3)14-8-13(11)12/h4-6,9-10,14H,7-8H2,1-3H3/t10-/m0/s1. The van der Waals surface area contributed by atoms with E-state index in [0.29, 0.717) is 12.0 Å². The van der Waals surface area contributed by atoms with E-state index < -0.39 is 0 Å². The first kappa shape index (κ1) is 9.72. The van der Waals surface area contributed by atoms with Gasteiger partial charge in [-0.2, -0.15) is 0 Å². The lowest BCUT2D eigenvalue weighted by molar-refractivity contribution is 0.509. The molecule has 0 spiro atoms. The van der Waals surface area contributed by atoms with E-state index in [9.17, 15) is 0 Å². The summed E-state index contributed by atoms with van der Waals surface area (Å²) in [6.07, 6.45) is 1.18. The molecule has 76 valence electrons. The Bertz CT molecular complexity index is 328. The number of hydrogen-bond donors (Lipinski definition) is 1. The molecule has 0 bridgehead atoms. The van der Waals surface area contributed by atoms with Gasteiger partial charge in [-0.15, -0.1) is 0 Å². The molecule has 1 heteroatoms. The molecule has 0 aliphatic carbocycles. The first-order valence-corrected chi connectivity index (χ1v) is 5.52. The van der Waals surface area contributed by atoms with Crippen LogP contribution in [0.4, 0.5) is 0 Å². The number of fused-ring (bicyclic) bond motifs is 1. The molecular formula is C13H19N. The van der Waals surface area contributed by atoms with Crippen LogP contribution in [0.15, 0.2) is 18.2 Å². The van der Waals surface area contributed by atoms with Crippen molar-refractivity contribution in [3.63, 3.8) is 0 Å². The Hall–Kier alpha value is -0.820. The Morgan fingerprint density at radius 1 is 1.36 bits per heavy atom. The summed E-state index contributed by atoms with van der Waals surface area (Å²) in [4.78, 5) is 0. The fourth-order valence-corrected chi connectivity index (χ4v) is 2.28. The Labute approximate surface area is 86.5 Å². The van der Waals surface area contributed by atoms with Gasteiger partial charge in [-0.05, 0) is 36.0 Å². The summed E-state index contributed by atoms with van der Waals surface area (Å²) < 4.78 is 0. The minimum absolute atomic E-state index is 0.630. The molecule has 1 N–H and O–H groups in total. The third-order valence-electron chi connectivity index (χ3n) is 3.08. The summed E-state index contributed by atoms with van der Waals surface area (Å²) in [6.45, 7) is 7.84. The van der Waals surface area contributed by atoms with Crippen molar-refractivity contribution in [1.82, 2.24) is 5.32 Å². The van der Waals surface area contributed by atoms with Crippen LogP contribution in [0, 0.1) is 0 Å². The highest BCUT2D eigenvalue weighted by Crippen LogP contribution is 2.25. The van der Waals surface area contributed by atoms with Gasteiger partial charge in [-0.25, -0.2) is 0 Å². The van der Waals surface area contributed by atoms with Gasteiger partial charge in [0, 0.05) is 12.6 Å². The highest BCUT2D eigenvalue weighted by molar-refractivity contribution is 5.39. The second-order valence-corrected chi connectivity index (χ2v) is 4.63. The predicted molar refractivity (Wildman–Crippen MR) is 60.5 cm³/mol. The lowest BCUT2D eigenvalue weighted by Gasteiger charge is -2.26. The number of benzene rings is 1. The molecule has 0 radical (unpaired) electrons. The largest absolute Gasteiger partial charge is 0.310 e. The molecule has 1 aliphatic heterocycles. The molecule has 0 unspecified atom stereocenters.